The molecule has 0 aliphatic carbocycles. The SMILES string of the molecule is [2H]C([2H])(c1ccc(-c2[c-]cccc2)nc1)C([2H])([2H])c1cc(C([2H])([2H])C([2H])([2H])c2ccc(-c3[c-]cccc3)nc2)cc(C([2H])([2H])C([2H])([2H])c2ccc(-c3[c-]ccc4c3oc3cc(C#N)ccc34)nc2)c1.[Ir+3]. The van der Waals surface area contributed by atoms with E-state index in [1.54, 1.807) is 78.9 Å². The maximum atomic E-state index is 9.44. The van der Waals surface area contributed by atoms with Gasteiger partial charge in [0.05, 0.1) is 17.2 Å². The van der Waals surface area contributed by atoms with Crippen LogP contribution in [-0.4, -0.2) is 15.0 Å². The molecule has 0 aliphatic heterocycles. The first-order chi connectivity index (χ1) is 32.7. The monoisotopic (exact) mass is 938 g/mol. The molecule has 58 heavy (non-hydrogen) atoms. The molecule has 0 bridgehead atoms. The smallest absolute Gasteiger partial charge is 0.501 e. The second-order valence-corrected chi connectivity index (χ2v) is 12.9. The molecule has 9 aromatic rings. The minimum Gasteiger partial charge on any atom is -0.501 e. The van der Waals surface area contributed by atoms with Gasteiger partial charge in [-0.3, -0.25) is 0 Å². The van der Waals surface area contributed by atoms with Crippen LogP contribution in [0.1, 0.15) is 55.4 Å². The molecule has 4 heterocycles. The van der Waals surface area contributed by atoms with Crippen molar-refractivity contribution in [3.63, 3.8) is 0 Å². The Kier molecular flexibility index (Phi) is 8.08. The average Bonchev–Trinajstić information content (AvgIpc) is 3.75. The number of aromatic nitrogens is 3. The van der Waals surface area contributed by atoms with Crippen molar-refractivity contribution in [3.05, 3.63) is 209 Å². The van der Waals surface area contributed by atoms with Crippen LogP contribution in [0.5, 0.6) is 0 Å². The van der Waals surface area contributed by atoms with Crippen molar-refractivity contribution in [2.75, 3.05) is 0 Å². The number of furan rings is 1. The minimum atomic E-state index is -3.12. The maximum Gasteiger partial charge on any atom is 3.00 e. The van der Waals surface area contributed by atoms with Crippen LogP contribution in [0.4, 0.5) is 0 Å². The number of nitriles is 1. The average molecular weight is 938 g/mol. The fourth-order valence-corrected chi connectivity index (χ4v) is 6.25. The Balaban J connectivity index is 0.00000659. The number of nitrogens with zero attached hydrogens (tertiary/aromatic N) is 4. The van der Waals surface area contributed by atoms with Crippen LogP contribution in [0, 0.1) is 29.5 Å². The Hall–Kier alpha value is -6.51. The van der Waals surface area contributed by atoms with Gasteiger partial charge < -0.3 is 19.4 Å². The third kappa shape index (κ3) is 8.72. The molecule has 9 rings (SSSR count). The standard InChI is InChI=1S/C52H37N4O.Ir/c53-32-42-20-24-45-46-12-7-13-47(52(46)57-51(45)31-42)50-27-23-38(35-56-50)16-19-41-29-39(17-14-36-21-25-48(54-33-36)43-8-3-1-4-9-43)28-40(30-41)18-15-37-22-26-49(55-34-37)44-10-5-2-6-11-44;/h1-8,10,12,20-31,33-35H,14-19H2;/q-3;+3/i14D2,15D2,16D2,17D2,18D2,19D2;. The van der Waals surface area contributed by atoms with Gasteiger partial charge in [0.1, 0.15) is 5.58 Å². The van der Waals surface area contributed by atoms with Crippen molar-refractivity contribution < 1.29 is 41.0 Å². The summed E-state index contributed by atoms with van der Waals surface area (Å²) in [6.07, 6.45) is -14.6. The first-order valence-corrected chi connectivity index (χ1v) is 18.0. The van der Waals surface area contributed by atoms with E-state index in [0.717, 1.165) is 35.2 Å². The molecule has 0 atom stereocenters. The molecule has 0 amide bonds. The molecule has 0 radical (unpaired) electrons. The van der Waals surface area contributed by atoms with Crippen LogP contribution in [0.25, 0.3) is 55.7 Å². The van der Waals surface area contributed by atoms with E-state index in [2.05, 4.69) is 39.2 Å². The summed E-state index contributed by atoms with van der Waals surface area (Å²) < 4.78 is 118. The van der Waals surface area contributed by atoms with Gasteiger partial charge in [0.25, 0.3) is 0 Å². The first kappa shape index (κ1) is 26.4. The zero-order chi connectivity index (χ0) is 49.1. The van der Waals surface area contributed by atoms with E-state index in [1.807, 2.05) is 0 Å². The molecule has 5 aromatic carbocycles. The van der Waals surface area contributed by atoms with Crippen molar-refractivity contribution in [1.82, 2.24) is 15.0 Å². The van der Waals surface area contributed by atoms with E-state index in [0.29, 0.717) is 50.5 Å². The molecule has 0 saturated carbocycles. The zero-order valence-corrected chi connectivity index (χ0v) is 32.9. The third-order valence-electron chi connectivity index (χ3n) is 9.07. The van der Waals surface area contributed by atoms with Crippen LogP contribution < -0.4 is 0 Å². The van der Waals surface area contributed by atoms with E-state index >= 15 is 0 Å². The van der Waals surface area contributed by atoms with E-state index in [4.69, 9.17) is 4.42 Å². The molecule has 0 fully saturated rings. The second-order valence-electron chi connectivity index (χ2n) is 12.9. The van der Waals surface area contributed by atoms with Crippen LogP contribution in [0.2, 0.25) is 0 Å². The Morgan fingerprint density at radius 1 is 0.517 bits per heavy atom. The molecular formula is C52H37IrN4O. The molecule has 0 N–H and O–H groups in total. The quantitative estimate of drug-likeness (QED) is 0.114. The summed E-state index contributed by atoms with van der Waals surface area (Å²) >= 11 is 0. The molecule has 6 heteroatoms. The van der Waals surface area contributed by atoms with Crippen molar-refractivity contribution >= 4 is 21.9 Å². The van der Waals surface area contributed by atoms with Gasteiger partial charge in [0, 0.05) is 40.4 Å². The number of fused-ring (bicyclic) bond motifs is 3. The summed E-state index contributed by atoms with van der Waals surface area (Å²) in [7, 11) is 0. The van der Waals surface area contributed by atoms with Crippen LogP contribution in [0.15, 0.2) is 156 Å². The predicted octanol–water partition coefficient (Wildman–Crippen LogP) is 11.4. The maximum absolute atomic E-state index is 9.44. The number of rotatable bonds is 12. The molecule has 0 aliphatic rings. The fourth-order valence-electron chi connectivity index (χ4n) is 6.25. The number of hydrogen-bond acceptors (Lipinski definition) is 5. The molecule has 0 spiro atoms. The number of hydrogen-bond donors (Lipinski definition) is 0. The molecule has 0 unspecified atom stereocenters. The number of aryl methyl sites for hydroxylation is 6. The Morgan fingerprint density at radius 3 is 1.50 bits per heavy atom. The predicted molar refractivity (Wildman–Crippen MR) is 226 cm³/mol. The van der Waals surface area contributed by atoms with Gasteiger partial charge in [0.15, 0.2) is 0 Å². The normalized spacial score (nSPS) is 15.6. The van der Waals surface area contributed by atoms with E-state index in [9.17, 15) is 21.7 Å². The summed E-state index contributed by atoms with van der Waals surface area (Å²) in [5, 5.41) is 10.9. The summed E-state index contributed by atoms with van der Waals surface area (Å²) in [4.78, 5) is 13.2. The topological polar surface area (TPSA) is 75.6 Å². The summed E-state index contributed by atoms with van der Waals surface area (Å²) in [5.74, 6) is 0. The van der Waals surface area contributed by atoms with Crippen molar-refractivity contribution in [3.8, 4) is 39.8 Å². The Bertz CT molecular complexity index is 3280. The van der Waals surface area contributed by atoms with Crippen molar-refractivity contribution in [2.45, 2.75) is 38.2 Å². The Morgan fingerprint density at radius 2 is 1.03 bits per heavy atom. The largest absolute Gasteiger partial charge is 3.00 e. The fraction of sp³-hybridized carbons (Fsp3) is 0.115. The van der Waals surface area contributed by atoms with Gasteiger partial charge in [-0.15, -0.1) is 90.0 Å². The van der Waals surface area contributed by atoms with E-state index in [1.165, 1.54) is 48.8 Å². The summed E-state index contributed by atoms with van der Waals surface area (Å²) in [5.41, 5.74) is 1.71. The zero-order valence-electron chi connectivity index (χ0n) is 42.5. The first-order valence-electron chi connectivity index (χ1n) is 24.0. The van der Waals surface area contributed by atoms with E-state index < -0.39 is 54.9 Å². The number of benzene rings is 5. The van der Waals surface area contributed by atoms with E-state index in [-0.39, 0.29) is 36.8 Å². The van der Waals surface area contributed by atoms with Gasteiger partial charge in [-0.05, 0) is 101 Å². The molecular weight excluding hydrogens is 889 g/mol. The summed E-state index contributed by atoms with van der Waals surface area (Å²) in [6, 6.07) is 45.2. The van der Waals surface area contributed by atoms with Gasteiger partial charge in [-0.1, -0.05) is 71.6 Å². The van der Waals surface area contributed by atoms with Crippen LogP contribution in [0.3, 0.4) is 0 Å². The van der Waals surface area contributed by atoms with Gasteiger partial charge >= 0.3 is 20.1 Å². The van der Waals surface area contributed by atoms with Gasteiger partial charge in [-0.2, -0.15) is 5.26 Å². The molecule has 5 nitrogen and oxygen atoms in total. The van der Waals surface area contributed by atoms with Crippen molar-refractivity contribution in [1.29, 1.82) is 5.26 Å². The van der Waals surface area contributed by atoms with Gasteiger partial charge in [-0.25, -0.2) is 0 Å². The molecule has 4 aromatic heterocycles. The van der Waals surface area contributed by atoms with Gasteiger partial charge in [0.2, 0.25) is 0 Å². The third-order valence-corrected chi connectivity index (χ3v) is 9.07. The Labute approximate surface area is 369 Å². The number of pyridine rings is 3. The van der Waals surface area contributed by atoms with Crippen molar-refractivity contribution in [2.24, 2.45) is 0 Å². The minimum absolute atomic E-state index is 0. The second kappa shape index (κ2) is 17.7. The molecule has 0 saturated heterocycles. The van der Waals surface area contributed by atoms with Crippen LogP contribution in [-0.2, 0) is 58.3 Å². The van der Waals surface area contributed by atoms with Crippen LogP contribution >= 0.6 is 0 Å². The molecule has 280 valence electrons. The summed E-state index contributed by atoms with van der Waals surface area (Å²) in [6.45, 7) is 0.